The Balaban J connectivity index is 3.46. The molecule has 0 saturated heterocycles. The molecule has 110 valence electrons. The molecule has 2 unspecified atom stereocenters. The predicted octanol–water partition coefficient (Wildman–Crippen LogP) is 2.69. The van der Waals surface area contributed by atoms with Gasteiger partial charge >= 0.3 is 0 Å². The summed E-state index contributed by atoms with van der Waals surface area (Å²) in [5, 5.41) is 19.9. The maximum absolute atomic E-state index is 10.6. The molecule has 0 spiro atoms. The van der Waals surface area contributed by atoms with Crippen LogP contribution in [0.4, 0.5) is 0 Å². The first-order chi connectivity index (χ1) is 9.47. The second-order valence-electron chi connectivity index (χ2n) is 4.73. The van der Waals surface area contributed by atoms with Crippen molar-refractivity contribution >= 4 is 0 Å². The molecule has 0 radical (unpaired) electrons. The molecular formula is C15H21NO4. The van der Waals surface area contributed by atoms with E-state index < -0.39 is 11.5 Å². The molecule has 0 fully saturated rings. The summed E-state index contributed by atoms with van der Waals surface area (Å²) in [5.74, 6) is 1.43. The summed E-state index contributed by atoms with van der Waals surface area (Å²) >= 11 is 0. The van der Waals surface area contributed by atoms with Gasteiger partial charge in [-0.3, -0.25) is 0 Å². The lowest BCUT2D eigenvalue weighted by Gasteiger charge is -2.29. The molecule has 0 aliphatic carbocycles. The van der Waals surface area contributed by atoms with Crippen LogP contribution < -0.4 is 14.2 Å². The Hall–Kier alpha value is -1.93. The molecule has 1 rings (SSSR count). The van der Waals surface area contributed by atoms with Gasteiger partial charge in [-0.25, -0.2) is 0 Å². The van der Waals surface area contributed by atoms with Crippen molar-refractivity contribution < 1.29 is 19.3 Å². The summed E-state index contributed by atoms with van der Waals surface area (Å²) in [6.07, 6.45) is -0.517. The van der Waals surface area contributed by atoms with Gasteiger partial charge in [-0.1, -0.05) is 6.92 Å². The largest absolute Gasteiger partial charge is 0.496 e. The van der Waals surface area contributed by atoms with Gasteiger partial charge in [0.15, 0.2) is 0 Å². The Morgan fingerprint density at radius 2 is 1.70 bits per heavy atom. The van der Waals surface area contributed by atoms with Crippen molar-refractivity contribution in [3.63, 3.8) is 0 Å². The average molecular weight is 279 g/mol. The van der Waals surface area contributed by atoms with Crippen LogP contribution in [0.25, 0.3) is 0 Å². The van der Waals surface area contributed by atoms with Crippen molar-refractivity contribution in [1.82, 2.24) is 0 Å². The van der Waals surface area contributed by atoms with Crippen LogP contribution in [0, 0.1) is 16.7 Å². The molecule has 5 heteroatoms. The number of aliphatic hydroxyl groups excluding tert-OH is 1. The van der Waals surface area contributed by atoms with E-state index in [1.165, 1.54) is 21.3 Å². The third-order valence-corrected chi connectivity index (χ3v) is 3.62. The third-order valence-electron chi connectivity index (χ3n) is 3.62. The molecule has 1 N–H and O–H groups in total. The van der Waals surface area contributed by atoms with Crippen LogP contribution in [-0.2, 0) is 0 Å². The summed E-state index contributed by atoms with van der Waals surface area (Å²) in [5.41, 5.74) is -0.462. The van der Waals surface area contributed by atoms with Crippen LogP contribution in [0.15, 0.2) is 12.1 Å². The lowest BCUT2D eigenvalue weighted by molar-refractivity contribution is 0.0673. The number of hydrogen-bond acceptors (Lipinski definition) is 5. The maximum Gasteiger partial charge on any atom is 0.132 e. The molecule has 2 atom stereocenters. The van der Waals surface area contributed by atoms with Gasteiger partial charge in [-0.15, -0.1) is 0 Å². The van der Waals surface area contributed by atoms with Crippen molar-refractivity contribution in [2.75, 3.05) is 21.3 Å². The first-order valence-electron chi connectivity index (χ1n) is 6.36. The SMILES string of the molecule is CCC(C)(C#N)C(O)c1c(OC)cc(OC)cc1OC. The Kier molecular flexibility index (Phi) is 5.23. The van der Waals surface area contributed by atoms with Gasteiger partial charge in [0, 0.05) is 12.1 Å². The fourth-order valence-corrected chi connectivity index (χ4v) is 1.95. The molecule has 0 amide bonds. The molecule has 20 heavy (non-hydrogen) atoms. The molecule has 0 aromatic heterocycles. The number of methoxy groups -OCH3 is 3. The standard InChI is InChI=1S/C15H21NO4/c1-6-15(2,9-16)14(17)13-11(19-4)7-10(18-3)8-12(13)20-5/h7-8,14,17H,6H2,1-5H3. The van der Waals surface area contributed by atoms with E-state index in [2.05, 4.69) is 6.07 Å². The Labute approximate surface area is 119 Å². The number of aliphatic hydroxyl groups is 1. The number of hydrogen-bond donors (Lipinski definition) is 1. The van der Waals surface area contributed by atoms with E-state index in [1.54, 1.807) is 19.1 Å². The molecule has 0 saturated carbocycles. The van der Waals surface area contributed by atoms with Crippen LogP contribution in [0.5, 0.6) is 17.2 Å². The number of benzene rings is 1. The molecule has 5 nitrogen and oxygen atoms in total. The van der Waals surface area contributed by atoms with Crippen LogP contribution in [0.1, 0.15) is 31.9 Å². The monoisotopic (exact) mass is 279 g/mol. The minimum absolute atomic E-state index is 0.434. The molecule has 1 aromatic carbocycles. The van der Waals surface area contributed by atoms with Gasteiger partial charge < -0.3 is 19.3 Å². The average Bonchev–Trinajstić information content (AvgIpc) is 2.51. The zero-order valence-corrected chi connectivity index (χ0v) is 12.6. The van der Waals surface area contributed by atoms with E-state index >= 15 is 0 Å². The van der Waals surface area contributed by atoms with Crippen LogP contribution >= 0.6 is 0 Å². The quantitative estimate of drug-likeness (QED) is 0.866. The second kappa shape index (κ2) is 6.49. The van der Waals surface area contributed by atoms with Crippen LogP contribution in [0.3, 0.4) is 0 Å². The highest BCUT2D eigenvalue weighted by Gasteiger charge is 2.36. The zero-order chi connectivity index (χ0) is 15.3. The molecule has 0 bridgehead atoms. The zero-order valence-electron chi connectivity index (χ0n) is 12.6. The molecule has 1 aromatic rings. The Morgan fingerprint density at radius 1 is 1.20 bits per heavy atom. The topological polar surface area (TPSA) is 71.7 Å². The first-order valence-corrected chi connectivity index (χ1v) is 6.36. The first kappa shape index (κ1) is 16.1. The highest BCUT2D eigenvalue weighted by Crippen LogP contribution is 2.46. The van der Waals surface area contributed by atoms with Crippen molar-refractivity contribution in [2.45, 2.75) is 26.4 Å². The van der Waals surface area contributed by atoms with Gasteiger partial charge in [0.25, 0.3) is 0 Å². The summed E-state index contributed by atoms with van der Waals surface area (Å²) in [6.45, 7) is 3.57. The molecule has 0 heterocycles. The smallest absolute Gasteiger partial charge is 0.132 e. The third kappa shape index (κ3) is 2.81. The maximum atomic E-state index is 10.6. The number of rotatable bonds is 6. The summed E-state index contributed by atoms with van der Waals surface area (Å²) < 4.78 is 15.8. The van der Waals surface area contributed by atoms with Crippen molar-refractivity contribution in [2.24, 2.45) is 5.41 Å². The fourth-order valence-electron chi connectivity index (χ4n) is 1.95. The van der Waals surface area contributed by atoms with E-state index in [4.69, 9.17) is 14.2 Å². The highest BCUT2D eigenvalue weighted by atomic mass is 16.5. The summed E-state index contributed by atoms with van der Waals surface area (Å²) in [4.78, 5) is 0. The lowest BCUT2D eigenvalue weighted by Crippen LogP contribution is -2.24. The van der Waals surface area contributed by atoms with Crippen molar-refractivity contribution in [3.8, 4) is 23.3 Å². The van der Waals surface area contributed by atoms with Crippen molar-refractivity contribution in [3.05, 3.63) is 17.7 Å². The minimum atomic E-state index is -1.02. The van der Waals surface area contributed by atoms with E-state index in [1.807, 2.05) is 6.92 Å². The van der Waals surface area contributed by atoms with E-state index in [9.17, 15) is 10.4 Å². The molecular weight excluding hydrogens is 258 g/mol. The molecule has 0 aliphatic heterocycles. The van der Waals surface area contributed by atoms with Crippen molar-refractivity contribution in [1.29, 1.82) is 5.26 Å². The number of nitrogens with zero attached hydrogens (tertiary/aromatic N) is 1. The highest BCUT2D eigenvalue weighted by molar-refractivity contribution is 5.52. The summed E-state index contributed by atoms with van der Waals surface area (Å²) in [6, 6.07) is 5.49. The van der Waals surface area contributed by atoms with Crippen LogP contribution in [0.2, 0.25) is 0 Å². The number of nitriles is 1. The van der Waals surface area contributed by atoms with E-state index in [0.29, 0.717) is 29.2 Å². The van der Waals surface area contributed by atoms with Gasteiger partial charge in [0.1, 0.15) is 23.4 Å². The predicted molar refractivity (Wildman–Crippen MR) is 75.1 cm³/mol. The Bertz CT molecular complexity index is 484. The number of ether oxygens (including phenoxy) is 3. The van der Waals surface area contributed by atoms with E-state index in [-0.39, 0.29) is 0 Å². The Morgan fingerprint density at radius 3 is 2.00 bits per heavy atom. The second-order valence-corrected chi connectivity index (χ2v) is 4.73. The van der Waals surface area contributed by atoms with E-state index in [0.717, 1.165) is 0 Å². The van der Waals surface area contributed by atoms with Gasteiger partial charge in [-0.05, 0) is 13.3 Å². The lowest BCUT2D eigenvalue weighted by atomic mass is 9.79. The van der Waals surface area contributed by atoms with Crippen LogP contribution in [-0.4, -0.2) is 26.4 Å². The fraction of sp³-hybridized carbons (Fsp3) is 0.533. The molecule has 0 aliphatic rings. The minimum Gasteiger partial charge on any atom is -0.496 e. The van der Waals surface area contributed by atoms with Gasteiger partial charge in [0.05, 0.1) is 38.4 Å². The van der Waals surface area contributed by atoms with Gasteiger partial charge in [-0.2, -0.15) is 5.26 Å². The van der Waals surface area contributed by atoms with Gasteiger partial charge in [0.2, 0.25) is 0 Å². The normalized spacial score (nSPS) is 14.8. The summed E-state index contributed by atoms with van der Waals surface area (Å²) in [7, 11) is 4.54.